The van der Waals surface area contributed by atoms with Gasteiger partial charge in [0.25, 0.3) is 0 Å². The molecule has 2 rings (SSSR count). The largest absolute Gasteiger partial charge is 0.335 e. The van der Waals surface area contributed by atoms with E-state index in [1.807, 2.05) is 0 Å². The van der Waals surface area contributed by atoms with Gasteiger partial charge >= 0.3 is 0 Å². The molecule has 4 nitrogen and oxygen atoms in total. The minimum atomic E-state index is 0.513. The van der Waals surface area contributed by atoms with Gasteiger partial charge in [0.2, 0.25) is 4.77 Å². The molecule has 0 saturated heterocycles. The molecule has 15 heavy (non-hydrogen) atoms. The predicted octanol–water partition coefficient (Wildman–Crippen LogP) is 2.17. The Morgan fingerprint density at radius 3 is 2.53 bits per heavy atom. The van der Waals surface area contributed by atoms with Crippen LogP contribution in [0.3, 0.4) is 0 Å². The third-order valence-electron chi connectivity index (χ3n) is 3.22. The Labute approximate surface area is 94.8 Å². The van der Waals surface area contributed by atoms with Crippen LogP contribution in [0.15, 0.2) is 0 Å². The van der Waals surface area contributed by atoms with Crippen LogP contribution in [0.2, 0.25) is 0 Å². The normalized spacial score (nSPS) is 18.9. The lowest BCUT2D eigenvalue weighted by Crippen LogP contribution is -2.16. The number of nitrogen functional groups attached to an aromatic ring is 1. The maximum atomic E-state index is 5.78. The first kappa shape index (κ1) is 10.7. The Bertz CT molecular complexity index is 360. The molecule has 0 atom stereocenters. The number of nitrogens with one attached hydrogen (secondary N) is 1. The summed E-state index contributed by atoms with van der Waals surface area (Å²) in [6, 6.07) is 0. The van der Waals surface area contributed by atoms with Crippen LogP contribution in [0.25, 0.3) is 0 Å². The summed E-state index contributed by atoms with van der Waals surface area (Å²) >= 11 is 4.99. The van der Waals surface area contributed by atoms with Crippen molar-refractivity contribution in [3.05, 3.63) is 10.6 Å². The second-order valence-corrected chi connectivity index (χ2v) is 4.76. The second-order valence-electron chi connectivity index (χ2n) is 4.38. The summed E-state index contributed by atoms with van der Waals surface area (Å²) in [6.07, 6.45) is 9.03. The fourth-order valence-electron chi connectivity index (χ4n) is 2.31. The summed E-state index contributed by atoms with van der Waals surface area (Å²) in [6.45, 7) is 0. The monoisotopic (exact) mass is 226 g/mol. The minimum Gasteiger partial charge on any atom is -0.335 e. The van der Waals surface area contributed by atoms with Crippen LogP contribution in [0.1, 0.15) is 44.3 Å². The van der Waals surface area contributed by atoms with Crippen molar-refractivity contribution in [1.29, 1.82) is 0 Å². The molecule has 3 N–H and O–H groups in total. The lowest BCUT2D eigenvalue weighted by atomic mass is 9.96. The first-order valence-electron chi connectivity index (χ1n) is 5.69. The van der Waals surface area contributed by atoms with Crippen LogP contribution >= 0.6 is 12.2 Å². The molecule has 0 unspecified atom stereocenters. The highest BCUT2D eigenvalue weighted by molar-refractivity contribution is 7.71. The number of nitrogens with two attached hydrogens (primary N) is 1. The smallest absolute Gasteiger partial charge is 0.214 e. The average molecular weight is 226 g/mol. The number of aromatic amines is 1. The van der Waals surface area contributed by atoms with Crippen molar-refractivity contribution < 1.29 is 0 Å². The summed E-state index contributed by atoms with van der Waals surface area (Å²) in [5.74, 6) is 7.41. The standard InChI is InChI=1S/C10H18N4S/c11-14-9(12-13-10(14)15)7-8-5-3-1-2-4-6-8/h8H,1-7,11H2,(H,13,15). The van der Waals surface area contributed by atoms with E-state index in [-0.39, 0.29) is 0 Å². The Morgan fingerprint density at radius 2 is 2.00 bits per heavy atom. The third kappa shape index (κ3) is 2.59. The van der Waals surface area contributed by atoms with Gasteiger partial charge in [-0.3, -0.25) is 5.10 Å². The van der Waals surface area contributed by atoms with E-state index in [0.29, 0.717) is 4.77 Å². The van der Waals surface area contributed by atoms with E-state index in [1.54, 1.807) is 0 Å². The summed E-state index contributed by atoms with van der Waals surface area (Å²) in [4.78, 5) is 0. The quantitative estimate of drug-likeness (QED) is 0.461. The predicted molar refractivity (Wildman–Crippen MR) is 62.5 cm³/mol. The second kappa shape index (κ2) is 4.79. The molecular weight excluding hydrogens is 208 g/mol. The molecule has 1 fully saturated rings. The van der Waals surface area contributed by atoms with Crippen molar-refractivity contribution in [3.8, 4) is 0 Å². The number of aromatic nitrogens is 3. The zero-order valence-corrected chi connectivity index (χ0v) is 9.72. The van der Waals surface area contributed by atoms with E-state index in [0.717, 1.165) is 18.2 Å². The molecule has 1 aromatic heterocycles. The lowest BCUT2D eigenvalue weighted by Gasteiger charge is -2.12. The number of rotatable bonds is 2. The van der Waals surface area contributed by atoms with Gasteiger partial charge in [-0.05, 0) is 18.1 Å². The SMILES string of the molecule is Nn1c(CC2CCCCCC2)n[nH]c1=S. The van der Waals surface area contributed by atoms with Gasteiger partial charge in [0, 0.05) is 6.42 Å². The van der Waals surface area contributed by atoms with E-state index in [4.69, 9.17) is 18.1 Å². The van der Waals surface area contributed by atoms with Gasteiger partial charge in [-0.1, -0.05) is 38.5 Å². The summed E-state index contributed by atoms with van der Waals surface area (Å²) in [5, 5.41) is 6.89. The fraction of sp³-hybridized carbons (Fsp3) is 0.800. The van der Waals surface area contributed by atoms with Crippen molar-refractivity contribution in [3.63, 3.8) is 0 Å². The van der Waals surface area contributed by atoms with Crippen molar-refractivity contribution >= 4 is 12.2 Å². The molecule has 0 aromatic carbocycles. The Hall–Kier alpha value is -0.840. The van der Waals surface area contributed by atoms with Gasteiger partial charge in [0.15, 0.2) is 5.82 Å². The lowest BCUT2D eigenvalue weighted by molar-refractivity contribution is 0.444. The molecule has 1 aliphatic carbocycles. The molecule has 5 heteroatoms. The van der Waals surface area contributed by atoms with E-state index in [1.165, 1.54) is 43.2 Å². The molecule has 84 valence electrons. The molecule has 1 heterocycles. The van der Waals surface area contributed by atoms with E-state index in [9.17, 15) is 0 Å². The number of nitrogens with zero attached hydrogens (tertiary/aromatic N) is 2. The van der Waals surface area contributed by atoms with Crippen molar-refractivity contribution in [2.45, 2.75) is 44.9 Å². The zero-order valence-electron chi connectivity index (χ0n) is 8.91. The number of H-pyrrole nitrogens is 1. The molecule has 0 aliphatic heterocycles. The first-order chi connectivity index (χ1) is 7.27. The van der Waals surface area contributed by atoms with Crippen molar-refractivity contribution in [2.75, 3.05) is 5.84 Å². The van der Waals surface area contributed by atoms with E-state index >= 15 is 0 Å². The third-order valence-corrected chi connectivity index (χ3v) is 3.51. The van der Waals surface area contributed by atoms with E-state index in [2.05, 4.69) is 10.2 Å². The Kier molecular flexibility index (Phi) is 3.41. The molecule has 0 amide bonds. The minimum absolute atomic E-state index is 0.513. The van der Waals surface area contributed by atoms with Crippen molar-refractivity contribution in [2.24, 2.45) is 5.92 Å². The summed E-state index contributed by atoms with van der Waals surface area (Å²) in [7, 11) is 0. The van der Waals surface area contributed by atoms with Gasteiger partial charge in [0.05, 0.1) is 0 Å². The van der Waals surface area contributed by atoms with Gasteiger partial charge in [0.1, 0.15) is 0 Å². The van der Waals surface area contributed by atoms with E-state index < -0.39 is 0 Å². The van der Waals surface area contributed by atoms with Gasteiger partial charge in [-0.15, -0.1) is 0 Å². The molecule has 1 aromatic rings. The summed E-state index contributed by atoms with van der Waals surface area (Å²) < 4.78 is 2.01. The topological polar surface area (TPSA) is 59.6 Å². The van der Waals surface area contributed by atoms with Crippen LogP contribution in [-0.2, 0) is 6.42 Å². The molecular formula is C10H18N4S. The molecule has 0 bridgehead atoms. The van der Waals surface area contributed by atoms with Gasteiger partial charge < -0.3 is 5.84 Å². The number of hydrogen-bond donors (Lipinski definition) is 2. The molecule has 0 radical (unpaired) electrons. The highest BCUT2D eigenvalue weighted by atomic mass is 32.1. The average Bonchev–Trinajstić information content (AvgIpc) is 2.50. The summed E-state index contributed by atoms with van der Waals surface area (Å²) in [5.41, 5.74) is 0. The highest BCUT2D eigenvalue weighted by Crippen LogP contribution is 2.25. The van der Waals surface area contributed by atoms with Crippen LogP contribution in [0, 0.1) is 10.7 Å². The Morgan fingerprint density at radius 1 is 1.33 bits per heavy atom. The van der Waals surface area contributed by atoms with Crippen molar-refractivity contribution in [1.82, 2.24) is 14.9 Å². The highest BCUT2D eigenvalue weighted by Gasteiger charge is 2.15. The zero-order chi connectivity index (χ0) is 10.7. The van der Waals surface area contributed by atoms with Crippen LogP contribution < -0.4 is 5.84 Å². The van der Waals surface area contributed by atoms with Crippen LogP contribution in [0.5, 0.6) is 0 Å². The van der Waals surface area contributed by atoms with Crippen LogP contribution in [0.4, 0.5) is 0 Å². The maximum Gasteiger partial charge on any atom is 0.214 e. The first-order valence-corrected chi connectivity index (χ1v) is 6.09. The van der Waals surface area contributed by atoms with Crippen LogP contribution in [-0.4, -0.2) is 14.9 Å². The Balaban J connectivity index is 2.01. The fourth-order valence-corrected chi connectivity index (χ4v) is 2.46. The number of hydrogen-bond acceptors (Lipinski definition) is 3. The maximum absolute atomic E-state index is 5.78. The van der Waals surface area contributed by atoms with Gasteiger partial charge in [-0.25, -0.2) is 4.68 Å². The molecule has 0 spiro atoms. The van der Waals surface area contributed by atoms with Gasteiger partial charge in [-0.2, -0.15) is 5.10 Å². The molecule has 1 aliphatic rings. The molecule has 1 saturated carbocycles.